The SMILES string of the molecule is Cn1ccnc1CN1C[C@@H](CO)[C@@H](CN2CCC(CO)CC2)C1. The summed E-state index contributed by atoms with van der Waals surface area (Å²) in [5.41, 5.74) is 0. The van der Waals surface area contributed by atoms with Crippen molar-refractivity contribution in [3.63, 3.8) is 0 Å². The lowest BCUT2D eigenvalue weighted by Crippen LogP contribution is -2.40. The summed E-state index contributed by atoms with van der Waals surface area (Å²) in [6.45, 7) is 6.70. The number of rotatable bonds is 6. The van der Waals surface area contributed by atoms with Crippen LogP contribution >= 0.6 is 0 Å². The third kappa shape index (κ3) is 4.12. The zero-order valence-corrected chi connectivity index (χ0v) is 14.1. The Morgan fingerprint density at radius 1 is 1.09 bits per heavy atom. The zero-order chi connectivity index (χ0) is 16.2. The molecule has 0 aliphatic carbocycles. The number of imidazole rings is 1. The lowest BCUT2D eigenvalue weighted by Gasteiger charge is -2.33. The van der Waals surface area contributed by atoms with Crippen LogP contribution in [0.1, 0.15) is 18.7 Å². The molecule has 6 heteroatoms. The molecule has 3 heterocycles. The van der Waals surface area contributed by atoms with Gasteiger partial charge in [-0.3, -0.25) is 4.90 Å². The summed E-state index contributed by atoms with van der Waals surface area (Å²) in [5.74, 6) is 2.48. The Morgan fingerprint density at radius 3 is 2.43 bits per heavy atom. The largest absolute Gasteiger partial charge is 0.396 e. The first kappa shape index (κ1) is 16.9. The second-order valence-electron chi connectivity index (χ2n) is 7.28. The molecule has 2 aliphatic rings. The first-order chi connectivity index (χ1) is 11.2. The summed E-state index contributed by atoms with van der Waals surface area (Å²) < 4.78 is 2.07. The fraction of sp³-hybridized carbons (Fsp3) is 0.824. The molecule has 2 N–H and O–H groups in total. The molecule has 0 bridgehead atoms. The lowest BCUT2D eigenvalue weighted by molar-refractivity contribution is 0.106. The Bertz CT molecular complexity index is 485. The zero-order valence-electron chi connectivity index (χ0n) is 14.1. The van der Waals surface area contributed by atoms with Crippen molar-refractivity contribution >= 4 is 0 Å². The van der Waals surface area contributed by atoms with Crippen molar-refractivity contribution in [3.8, 4) is 0 Å². The second-order valence-corrected chi connectivity index (χ2v) is 7.28. The summed E-state index contributed by atoms with van der Waals surface area (Å²) in [4.78, 5) is 9.36. The lowest BCUT2D eigenvalue weighted by atomic mass is 9.93. The highest BCUT2D eigenvalue weighted by Crippen LogP contribution is 2.27. The molecular formula is C17H30N4O2. The number of aliphatic hydroxyl groups is 2. The number of aromatic nitrogens is 2. The van der Waals surface area contributed by atoms with E-state index in [4.69, 9.17) is 0 Å². The molecular weight excluding hydrogens is 292 g/mol. The third-order valence-corrected chi connectivity index (χ3v) is 5.63. The molecule has 0 saturated carbocycles. The van der Waals surface area contributed by atoms with E-state index in [1.807, 2.05) is 19.4 Å². The molecule has 1 aromatic heterocycles. The predicted molar refractivity (Wildman–Crippen MR) is 88.8 cm³/mol. The van der Waals surface area contributed by atoms with Gasteiger partial charge < -0.3 is 19.7 Å². The van der Waals surface area contributed by atoms with E-state index in [0.717, 1.165) is 57.9 Å². The molecule has 0 unspecified atom stereocenters. The maximum Gasteiger partial charge on any atom is 0.122 e. The average Bonchev–Trinajstić information content (AvgIpc) is 3.15. The normalized spacial score (nSPS) is 27.8. The van der Waals surface area contributed by atoms with Crippen LogP contribution in [0.2, 0.25) is 0 Å². The average molecular weight is 322 g/mol. The van der Waals surface area contributed by atoms with E-state index in [0.29, 0.717) is 24.4 Å². The fourth-order valence-electron chi connectivity index (χ4n) is 4.01. The molecule has 6 nitrogen and oxygen atoms in total. The molecule has 0 amide bonds. The summed E-state index contributed by atoms with van der Waals surface area (Å²) in [6, 6.07) is 0. The maximum absolute atomic E-state index is 9.75. The number of aryl methyl sites for hydroxylation is 1. The smallest absolute Gasteiger partial charge is 0.122 e. The van der Waals surface area contributed by atoms with Gasteiger partial charge in [0.1, 0.15) is 5.82 Å². The summed E-state index contributed by atoms with van der Waals surface area (Å²) in [5, 5.41) is 19.0. The first-order valence-corrected chi connectivity index (χ1v) is 8.82. The summed E-state index contributed by atoms with van der Waals surface area (Å²) in [6.07, 6.45) is 6.03. The number of hydrogen-bond acceptors (Lipinski definition) is 5. The molecule has 130 valence electrons. The van der Waals surface area contributed by atoms with Gasteiger partial charge in [-0.25, -0.2) is 4.98 Å². The van der Waals surface area contributed by atoms with Gasteiger partial charge in [0, 0.05) is 52.3 Å². The van der Waals surface area contributed by atoms with E-state index < -0.39 is 0 Å². The van der Waals surface area contributed by atoms with Gasteiger partial charge in [-0.15, -0.1) is 0 Å². The van der Waals surface area contributed by atoms with Gasteiger partial charge in [-0.05, 0) is 43.7 Å². The van der Waals surface area contributed by atoms with E-state index in [2.05, 4.69) is 19.4 Å². The van der Waals surface area contributed by atoms with Gasteiger partial charge in [0.05, 0.1) is 6.54 Å². The van der Waals surface area contributed by atoms with Crippen molar-refractivity contribution in [3.05, 3.63) is 18.2 Å². The molecule has 0 spiro atoms. The van der Waals surface area contributed by atoms with Crippen molar-refractivity contribution < 1.29 is 10.2 Å². The number of nitrogens with zero attached hydrogens (tertiary/aromatic N) is 4. The number of hydrogen-bond donors (Lipinski definition) is 2. The van der Waals surface area contributed by atoms with Crippen LogP contribution in [0.25, 0.3) is 0 Å². The van der Waals surface area contributed by atoms with E-state index in [9.17, 15) is 10.2 Å². The Balaban J connectivity index is 1.52. The highest BCUT2D eigenvalue weighted by molar-refractivity contribution is 4.94. The minimum atomic E-state index is 0.273. The summed E-state index contributed by atoms with van der Waals surface area (Å²) >= 11 is 0. The Morgan fingerprint density at radius 2 is 1.83 bits per heavy atom. The molecule has 2 fully saturated rings. The Kier molecular flexibility index (Phi) is 5.69. The quantitative estimate of drug-likeness (QED) is 0.781. The first-order valence-electron chi connectivity index (χ1n) is 8.82. The highest BCUT2D eigenvalue weighted by Gasteiger charge is 2.34. The standard InChI is InChI=1S/C17H30N4O2/c1-19-7-4-18-17(19)11-21-9-15(16(10-21)13-23)8-20-5-2-14(12-22)3-6-20/h4,7,14-16,22-23H,2-3,5-6,8-13H2,1H3/t15-,16-/m0/s1. The minimum Gasteiger partial charge on any atom is -0.396 e. The monoisotopic (exact) mass is 322 g/mol. The van der Waals surface area contributed by atoms with Crippen molar-refractivity contribution in [1.29, 1.82) is 0 Å². The third-order valence-electron chi connectivity index (χ3n) is 5.63. The van der Waals surface area contributed by atoms with E-state index >= 15 is 0 Å². The Labute approximate surface area is 138 Å². The van der Waals surface area contributed by atoms with Crippen LogP contribution in [0, 0.1) is 17.8 Å². The van der Waals surface area contributed by atoms with Crippen molar-refractivity contribution in [1.82, 2.24) is 19.4 Å². The van der Waals surface area contributed by atoms with Crippen molar-refractivity contribution in [2.75, 3.05) is 45.9 Å². The van der Waals surface area contributed by atoms with Crippen LogP contribution in [0.5, 0.6) is 0 Å². The molecule has 2 atom stereocenters. The van der Waals surface area contributed by atoms with Crippen LogP contribution in [0.15, 0.2) is 12.4 Å². The van der Waals surface area contributed by atoms with Crippen molar-refractivity contribution in [2.24, 2.45) is 24.8 Å². The van der Waals surface area contributed by atoms with Crippen LogP contribution in [-0.4, -0.2) is 75.5 Å². The predicted octanol–water partition coefficient (Wildman–Crippen LogP) is 0.165. The van der Waals surface area contributed by atoms with Gasteiger partial charge in [-0.2, -0.15) is 0 Å². The van der Waals surface area contributed by atoms with E-state index in [-0.39, 0.29) is 6.61 Å². The highest BCUT2D eigenvalue weighted by atomic mass is 16.3. The van der Waals surface area contributed by atoms with Crippen LogP contribution in [0.3, 0.4) is 0 Å². The van der Waals surface area contributed by atoms with Crippen LogP contribution in [-0.2, 0) is 13.6 Å². The topological polar surface area (TPSA) is 64.8 Å². The van der Waals surface area contributed by atoms with Gasteiger partial charge in [0.15, 0.2) is 0 Å². The summed E-state index contributed by atoms with van der Waals surface area (Å²) in [7, 11) is 2.03. The van der Waals surface area contributed by atoms with E-state index in [1.165, 1.54) is 0 Å². The molecule has 0 radical (unpaired) electrons. The molecule has 0 aromatic carbocycles. The van der Waals surface area contributed by atoms with Gasteiger partial charge in [0.25, 0.3) is 0 Å². The number of aliphatic hydroxyl groups excluding tert-OH is 2. The van der Waals surface area contributed by atoms with E-state index in [1.54, 1.807) is 0 Å². The van der Waals surface area contributed by atoms with Crippen LogP contribution < -0.4 is 0 Å². The number of piperidine rings is 1. The van der Waals surface area contributed by atoms with Gasteiger partial charge in [-0.1, -0.05) is 0 Å². The minimum absolute atomic E-state index is 0.273. The van der Waals surface area contributed by atoms with Crippen molar-refractivity contribution in [2.45, 2.75) is 19.4 Å². The maximum atomic E-state index is 9.75. The molecule has 2 saturated heterocycles. The van der Waals surface area contributed by atoms with Gasteiger partial charge >= 0.3 is 0 Å². The second kappa shape index (κ2) is 7.75. The molecule has 2 aliphatic heterocycles. The molecule has 3 rings (SSSR count). The number of likely N-dealkylation sites (tertiary alicyclic amines) is 2. The van der Waals surface area contributed by atoms with Crippen LogP contribution in [0.4, 0.5) is 0 Å². The Hall–Kier alpha value is -0.950. The van der Waals surface area contributed by atoms with Gasteiger partial charge in [0.2, 0.25) is 0 Å². The molecule has 23 heavy (non-hydrogen) atoms. The fourth-order valence-corrected chi connectivity index (χ4v) is 4.01. The molecule has 1 aromatic rings.